The minimum absolute atomic E-state index is 0.192. The van der Waals surface area contributed by atoms with Gasteiger partial charge in [0, 0.05) is 26.7 Å². The van der Waals surface area contributed by atoms with Gasteiger partial charge in [0.1, 0.15) is 0 Å². The van der Waals surface area contributed by atoms with Gasteiger partial charge in [0.15, 0.2) is 0 Å². The highest BCUT2D eigenvalue weighted by molar-refractivity contribution is 7.11. The standard InChI is InChI=1S/C21H21N3O2S/c1-14-8-10-17(23-20(25)16-6-4-3-5-7-16)12-19(14)24-21(26)22-13-18-11-9-15(2)27-18/h3-12H,13H2,1-2H3,(H,23,25)(H2,22,24,26). The van der Waals surface area contributed by atoms with Crippen molar-refractivity contribution >= 4 is 34.6 Å². The van der Waals surface area contributed by atoms with Crippen LogP contribution in [0.4, 0.5) is 16.2 Å². The highest BCUT2D eigenvalue weighted by Gasteiger charge is 2.09. The number of amides is 3. The van der Waals surface area contributed by atoms with Gasteiger partial charge in [-0.15, -0.1) is 11.3 Å². The SMILES string of the molecule is Cc1ccc(CNC(=O)Nc2cc(NC(=O)c3ccccc3)ccc2C)s1. The van der Waals surface area contributed by atoms with E-state index in [1.54, 1.807) is 29.5 Å². The molecule has 0 aliphatic rings. The van der Waals surface area contributed by atoms with E-state index in [9.17, 15) is 9.59 Å². The highest BCUT2D eigenvalue weighted by atomic mass is 32.1. The molecule has 0 atom stereocenters. The van der Waals surface area contributed by atoms with Crippen molar-refractivity contribution in [2.75, 3.05) is 10.6 Å². The predicted molar refractivity (Wildman–Crippen MR) is 110 cm³/mol. The van der Waals surface area contributed by atoms with E-state index in [-0.39, 0.29) is 11.9 Å². The van der Waals surface area contributed by atoms with E-state index in [4.69, 9.17) is 0 Å². The number of urea groups is 1. The second-order valence-electron chi connectivity index (χ2n) is 6.17. The molecular weight excluding hydrogens is 358 g/mol. The fraction of sp³-hybridized carbons (Fsp3) is 0.143. The summed E-state index contributed by atoms with van der Waals surface area (Å²) in [6.45, 7) is 4.42. The Labute approximate surface area is 162 Å². The van der Waals surface area contributed by atoms with Crippen LogP contribution in [-0.4, -0.2) is 11.9 Å². The number of rotatable bonds is 5. The third kappa shape index (κ3) is 5.18. The summed E-state index contributed by atoms with van der Waals surface area (Å²) in [5, 5.41) is 8.54. The van der Waals surface area contributed by atoms with Crippen molar-refractivity contribution in [1.82, 2.24) is 5.32 Å². The van der Waals surface area contributed by atoms with Gasteiger partial charge in [-0.2, -0.15) is 0 Å². The molecular formula is C21H21N3O2S. The van der Waals surface area contributed by atoms with Gasteiger partial charge in [-0.25, -0.2) is 4.79 Å². The summed E-state index contributed by atoms with van der Waals surface area (Å²) in [6, 6.07) is 18.2. The number of hydrogen-bond acceptors (Lipinski definition) is 3. The molecule has 5 nitrogen and oxygen atoms in total. The van der Waals surface area contributed by atoms with Crippen molar-refractivity contribution in [3.8, 4) is 0 Å². The first-order chi connectivity index (χ1) is 13.0. The van der Waals surface area contributed by atoms with Crippen LogP contribution in [0.15, 0.2) is 60.7 Å². The van der Waals surface area contributed by atoms with Crippen molar-refractivity contribution < 1.29 is 9.59 Å². The van der Waals surface area contributed by atoms with Gasteiger partial charge >= 0.3 is 6.03 Å². The Morgan fingerprint density at radius 1 is 0.926 bits per heavy atom. The van der Waals surface area contributed by atoms with Gasteiger partial charge < -0.3 is 16.0 Å². The molecule has 0 unspecified atom stereocenters. The molecule has 3 aromatic rings. The number of thiophene rings is 1. The molecule has 2 aromatic carbocycles. The van der Waals surface area contributed by atoms with Gasteiger partial charge in [0.2, 0.25) is 0 Å². The Morgan fingerprint density at radius 2 is 1.70 bits per heavy atom. The molecule has 3 rings (SSSR count). The fourth-order valence-electron chi connectivity index (χ4n) is 2.54. The summed E-state index contributed by atoms with van der Waals surface area (Å²) >= 11 is 1.66. The molecule has 1 aromatic heterocycles. The highest BCUT2D eigenvalue weighted by Crippen LogP contribution is 2.21. The molecule has 6 heteroatoms. The van der Waals surface area contributed by atoms with E-state index in [1.165, 1.54) is 4.88 Å². The maximum Gasteiger partial charge on any atom is 0.319 e. The third-order valence-electron chi connectivity index (χ3n) is 4.00. The van der Waals surface area contributed by atoms with Crippen LogP contribution in [0, 0.1) is 13.8 Å². The number of aryl methyl sites for hydroxylation is 2. The third-order valence-corrected chi connectivity index (χ3v) is 5.00. The Hall–Kier alpha value is -3.12. The Kier molecular flexibility index (Phi) is 5.88. The predicted octanol–water partition coefficient (Wildman–Crippen LogP) is 4.94. The quantitative estimate of drug-likeness (QED) is 0.588. The van der Waals surface area contributed by atoms with Crippen LogP contribution in [0.5, 0.6) is 0 Å². The van der Waals surface area contributed by atoms with Crippen LogP contribution in [0.2, 0.25) is 0 Å². The number of nitrogens with one attached hydrogen (secondary N) is 3. The van der Waals surface area contributed by atoms with Crippen LogP contribution in [0.1, 0.15) is 25.7 Å². The average Bonchev–Trinajstić information content (AvgIpc) is 3.09. The number of anilines is 2. The molecule has 0 fully saturated rings. The lowest BCUT2D eigenvalue weighted by molar-refractivity contribution is 0.102. The molecule has 0 bridgehead atoms. The summed E-state index contributed by atoms with van der Waals surface area (Å²) in [6.07, 6.45) is 0. The molecule has 138 valence electrons. The van der Waals surface area contributed by atoms with Crippen molar-refractivity contribution in [2.24, 2.45) is 0 Å². The van der Waals surface area contributed by atoms with E-state index in [0.717, 1.165) is 10.4 Å². The maximum absolute atomic E-state index is 12.3. The lowest BCUT2D eigenvalue weighted by atomic mass is 10.1. The summed E-state index contributed by atoms with van der Waals surface area (Å²) in [5.41, 5.74) is 2.77. The first-order valence-electron chi connectivity index (χ1n) is 8.58. The molecule has 0 aliphatic heterocycles. The smallest absolute Gasteiger partial charge is 0.319 e. The zero-order valence-electron chi connectivity index (χ0n) is 15.2. The first kappa shape index (κ1) is 18.7. The van der Waals surface area contributed by atoms with Crippen LogP contribution < -0.4 is 16.0 Å². The van der Waals surface area contributed by atoms with Crippen molar-refractivity contribution in [3.63, 3.8) is 0 Å². The van der Waals surface area contributed by atoms with E-state index < -0.39 is 0 Å². The maximum atomic E-state index is 12.3. The molecule has 0 aliphatic carbocycles. The lowest BCUT2D eigenvalue weighted by Crippen LogP contribution is -2.28. The zero-order chi connectivity index (χ0) is 19.2. The molecule has 3 amide bonds. The van der Waals surface area contributed by atoms with Gasteiger partial charge in [-0.05, 0) is 55.8 Å². The number of benzene rings is 2. The fourth-order valence-corrected chi connectivity index (χ4v) is 3.37. The summed E-state index contributed by atoms with van der Waals surface area (Å²) in [5.74, 6) is -0.192. The Morgan fingerprint density at radius 3 is 2.41 bits per heavy atom. The summed E-state index contributed by atoms with van der Waals surface area (Å²) in [7, 11) is 0. The molecule has 27 heavy (non-hydrogen) atoms. The van der Waals surface area contributed by atoms with E-state index in [0.29, 0.717) is 23.5 Å². The number of hydrogen-bond donors (Lipinski definition) is 3. The topological polar surface area (TPSA) is 70.2 Å². The Balaban J connectivity index is 1.62. The van der Waals surface area contributed by atoms with Crippen LogP contribution in [-0.2, 0) is 6.54 Å². The zero-order valence-corrected chi connectivity index (χ0v) is 16.0. The second-order valence-corrected chi connectivity index (χ2v) is 7.54. The van der Waals surface area contributed by atoms with Crippen molar-refractivity contribution in [1.29, 1.82) is 0 Å². The van der Waals surface area contributed by atoms with Gasteiger partial charge in [-0.3, -0.25) is 4.79 Å². The number of carbonyl (C=O) groups is 2. The molecule has 0 spiro atoms. The van der Waals surface area contributed by atoms with Crippen LogP contribution in [0.25, 0.3) is 0 Å². The minimum atomic E-state index is -0.282. The minimum Gasteiger partial charge on any atom is -0.333 e. The molecule has 0 saturated carbocycles. The second kappa shape index (κ2) is 8.51. The summed E-state index contributed by atoms with van der Waals surface area (Å²) < 4.78 is 0. The molecule has 1 heterocycles. The monoisotopic (exact) mass is 379 g/mol. The van der Waals surface area contributed by atoms with Gasteiger partial charge in [0.05, 0.1) is 6.54 Å². The van der Waals surface area contributed by atoms with E-state index in [2.05, 4.69) is 16.0 Å². The van der Waals surface area contributed by atoms with Gasteiger partial charge in [-0.1, -0.05) is 24.3 Å². The lowest BCUT2D eigenvalue weighted by Gasteiger charge is -2.12. The van der Waals surface area contributed by atoms with Crippen molar-refractivity contribution in [2.45, 2.75) is 20.4 Å². The van der Waals surface area contributed by atoms with Crippen molar-refractivity contribution in [3.05, 3.63) is 81.5 Å². The largest absolute Gasteiger partial charge is 0.333 e. The number of carbonyl (C=O) groups excluding carboxylic acids is 2. The van der Waals surface area contributed by atoms with Crippen LogP contribution >= 0.6 is 11.3 Å². The average molecular weight is 379 g/mol. The molecule has 0 radical (unpaired) electrons. The van der Waals surface area contributed by atoms with Crippen LogP contribution in [0.3, 0.4) is 0 Å². The Bertz CT molecular complexity index is 951. The summed E-state index contributed by atoms with van der Waals surface area (Å²) in [4.78, 5) is 26.8. The molecule has 0 saturated heterocycles. The normalized spacial score (nSPS) is 10.3. The van der Waals surface area contributed by atoms with E-state index >= 15 is 0 Å². The van der Waals surface area contributed by atoms with E-state index in [1.807, 2.05) is 56.3 Å². The molecule has 3 N–H and O–H groups in total. The van der Waals surface area contributed by atoms with Gasteiger partial charge in [0.25, 0.3) is 5.91 Å². The first-order valence-corrected chi connectivity index (χ1v) is 9.40.